The molecule has 0 saturated carbocycles. The van der Waals surface area contributed by atoms with E-state index in [-0.39, 0.29) is 11.9 Å². The number of methoxy groups -OCH3 is 2. The van der Waals surface area contributed by atoms with Gasteiger partial charge in [-0.25, -0.2) is 14.2 Å². The first-order chi connectivity index (χ1) is 12.5. The Morgan fingerprint density at radius 3 is 2.27 bits per heavy atom. The normalized spacial score (nSPS) is 11.3. The van der Waals surface area contributed by atoms with Crippen LogP contribution in [0.15, 0.2) is 56.8 Å². The Hall–Kier alpha value is -3.55. The molecule has 2 aromatic heterocycles. The fourth-order valence-electron chi connectivity index (χ4n) is 3.07. The van der Waals surface area contributed by atoms with Crippen LogP contribution in [0.5, 0.6) is 11.5 Å². The molecule has 0 spiro atoms. The quantitative estimate of drug-likeness (QED) is 0.536. The molecule has 0 aliphatic rings. The van der Waals surface area contributed by atoms with Crippen LogP contribution in [-0.4, -0.2) is 27.8 Å². The first kappa shape index (κ1) is 15.9. The van der Waals surface area contributed by atoms with Gasteiger partial charge in [0.05, 0.1) is 31.7 Å². The minimum absolute atomic E-state index is 0.0423. The summed E-state index contributed by atoms with van der Waals surface area (Å²) in [4.78, 5) is 38.1. The van der Waals surface area contributed by atoms with Crippen molar-refractivity contribution in [2.24, 2.45) is 0 Å². The second-order valence-corrected chi connectivity index (χ2v) is 5.81. The van der Waals surface area contributed by atoms with Crippen molar-refractivity contribution in [2.45, 2.75) is 6.54 Å². The van der Waals surface area contributed by atoms with Crippen LogP contribution in [0.3, 0.4) is 0 Å². The van der Waals surface area contributed by atoms with Gasteiger partial charge in [0.25, 0.3) is 5.56 Å². The zero-order valence-electron chi connectivity index (χ0n) is 14.1. The number of ether oxygens (including phenoxy) is 2. The number of benzene rings is 2. The minimum atomic E-state index is -0.682. The van der Waals surface area contributed by atoms with Gasteiger partial charge in [-0.05, 0) is 35.9 Å². The molecule has 0 bridgehead atoms. The standard InChI is InChI=1S/C18H15N3O5/c1-25-12-5-3-4-11(8-12)10-19-17(23)20-15-7-6-13(26-2)9-14(15)16(22)21(20)18(19)24/h3-9H,10H2,1-2H3. The lowest BCUT2D eigenvalue weighted by atomic mass is 10.2. The highest BCUT2D eigenvalue weighted by Crippen LogP contribution is 2.17. The lowest BCUT2D eigenvalue weighted by Gasteiger charge is -2.03. The zero-order chi connectivity index (χ0) is 18.4. The summed E-state index contributed by atoms with van der Waals surface area (Å²) >= 11 is 0. The monoisotopic (exact) mass is 353 g/mol. The van der Waals surface area contributed by atoms with Gasteiger partial charge in [0.2, 0.25) is 0 Å². The summed E-state index contributed by atoms with van der Waals surface area (Å²) in [7, 11) is 3.02. The molecule has 0 atom stereocenters. The molecular formula is C18H15N3O5. The molecule has 26 heavy (non-hydrogen) atoms. The van der Waals surface area contributed by atoms with Crippen LogP contribution in [0.4, 0.5) is 0 Å². The molecule has 0 fully saturated rings. The molecule has 0 amide bonds. The fourth-order valence-corrected chi connectivity index (χ4v) is 3.07. The fraction of sp³-hybridized carbons (Fsp3) is 0.167. The van der Waals surface area contributed by atoms with Crippen molar-refractivity contribution in [1.29, 1.82) is 0 Å². The topological polar surface area (TPSA) is 83.4 Å². The van der Waals surface area contributed by atoms with Crippen LogP contribution in [0, 0.1) is 0 Å². The lowest BCUT2D eigenvalue weighted by Crippen LogP contribution is -2.30. The smallest absolute Gasteiger partial charge is 0.355 e. The van der Waals surface area contributed by atoms with E-state index in [2.05, 4.69) is 0 Å². The Balaban J connectivity index is 1.95. The van der Waals surface area contributed by atoms with Crippen LogP contribution in [-0.2, 0) is 6.54 Å². The molecule has 8 nitrogen and oxygen atoms in total. The van der Waals surface area contributed by atoms with Gasteiger partial charge >= 0.3 is 11.4 Å². The number of hydrogen-bond acceptors (Lipinski definition) is 5. The van der Waals surface area contributed by atoms with E-state index in [0.717, 1.165) is 19.2 Å². The molecule has 0 aliphatic carbocycles. The van der Waals surface area contributed by atoms with Crippen molar-refractivity contribution in [2.75, 3.05) is 14.2 Å². The largest absolute Gasteiger partial charge is 0.497 e. The van der Waals surface area contributed by atoms with Gasteiger partial charge in [0.1, 0.15) is 11.5 Å². The summed E-state index contributed by atoms with van der Waals surface area (Å²) < 4.78 is 13.2. The summed E-state index contributed by atoms with van der Waals surface area (Å²) in [5.74, 6) is 1.10. The Morgan fingerprint density at radius 2 is 1.54 bits per heavy atom. The molecule has 0 N–H and O–H groups in total. The molecule has 0 radical (unpaired) electrons. The van der Waals surface area contributed by atoms with Gasteiger partial charge in [-0.2, -0.15) is 9.03 Å². The molecule has 2 heterocycles. The van der Waals surface area contributed by atoms with Gasteiger partial charge < -0.3 is 9.47 Å². The average Bonchev–Trinajstić information content (AvgIpc) is 3.09. The van der Waals surface area contributed by atoms with Crippen LogP contribution >= 0.6 is 0 Å². The van der Waals surface area contributed by atoms with Gasteiger partial charge in [0, 0.05) is 0 Å². The predicted molar refractivity (Wildman–Crippen MR) is 95.0 cm³/mol. The number of aromatic nitrogens is 3. The summed E-state index contributed by atoms with van der Waals surface area (Å²) in [5.41, 5.74) is -0.725. The SMILES string of the molecule is COc1cccc(Cn2c(=O)n3c(=O)c4cc(OC)ccc4n3c2=O)c1. The van der Waals surface area contributed by atoms with Crippen LogP contribution in [0.25, 0.3) is 10.9 Å². The van der Waals surface area contributed by atoms with Crippen molar-refractivity contribution in [3.63, 3.8) is 0 Å². The maximum Gasteiger partial charge on any atom is 0.355 e. The number of nitrogens with zero attached hydrogens (tertiary/aromatic N) is 3. The molecule has 2 aromatic carbocycles. The van der Waals surface area contributed by atoms with Crippen molar-refractivity contribution in [1.82, 2.24) is 13.6 Å². The third-order valence-corrected chi connectivity index (χ3v) is 4.35. The van der Waals surface area contributed by atoms with E-state index in [1.807, 2.05) is 0 Å². The van der Waals surface area contributed by atoms with E-state index >= 15 is 0 Å². The van der Waals surface area contributed by atoms with Gasteiger partial charge in [-0.3, -0.25) is 4.79 Å². The molecule has 0 unspecified atom stereocenters. The lowest BCUT2D eigenvalue weighted by molar-refractivity contribution is 0.414. The van der Waals surface area contributed by atoms with E-state index in [1.54, 1.807) is 36.4 Å². The van der Waals surface area contributed by atoms with Crippen molar-refractivity contribution in [3.8, 4) is 11.5 Å². The Kier molecular flexibility index (Phi) is 3.54. The Labute approximate surface area is 146 Å². The number of rotatable bonds is 4. The van der Waals surface area contributed by atoms with E-state index in [9.17, 15) is 14.4 Å². The van der Waals surface area contributed by atoms with Crippen LogP contribution in [0.2, 0.25) is 0 Å². The Bertz CT molecular complexity index is 1300. The van der Waals surface area contributed by atoms with Crippen molar-refractivity contribution < 1.29 is 9.47 Å². The molecule has 0 saturated heterocycles. The molecule has 8 heteroatoms. The second-order valence-electron chi connectivity index (χ2n) is 5.81. The van der Waals surface area contributed by atoms with Gasteiger partial charge in [-0.1, -0.05) is 12.1 Å². The molecule has 0 aliphatic heterocycles. The van der Waals surface area contributed by atoms with E-state index < -0.39 is 16.9 Å². The number of fused-ring (bicyclic) bond motifs is 3. The highest BCUT2D eigenvalue weighted by molar-refractivity contribution is 5.80. The van der Waals surface area contributed by atoms with Crippen LogP contribution < -0.4 is 26.4 Å². The highest BCUT2D eigenvalue weighted by Gasteiger charge is 2.20. The first-order valence-electron chi connectivity index (χ1n) is 7.86. The number of hydrogen-bond donors (Lipinski definition) is 0. The third kappa shape index (κ3) is 2.19. The molecule has 4 rings (SSSR count). The summed E-state index contributed by atoms with van der Waals surface area (Å²) in [6.07, 6.45) is 0. The maximum atomic E-state index is 12.8. The average molecular weight is 353 g/mol. The second kappa shape index (κ2) is 5.76. The maximum absolute atomic E-state index is 12.8. The highest BCUT2D eigenvalue weighted by atomic mass is 16.5. The van der Waals surface area contributed by atoms with Gasteiger partial charge in [-0.15, -0.1) is 0 Å². The van der Waals surface area contributed by atoms with Gasteiger partial charge in [0.15, 0.2) is 0 Å². The van der Waals surface area contributed by atoms with Crippen molar-refractivity contribution in [3.05, 3.63) is 79.4 Å². The summed E-state index contributed by atoms with van der Waals surface area (Å²) in [6.45, 7) is 0.0423. The molecular weight excluding hydrogens is 338 g/mol. The summed E-state index contributed by atoms with van der Waals surface area (Å²) in [5, 5.41) is 0.257. The Morgan fingerprint density at radius 1 is 0.846 bits per heavy atom. The minimum Gasteiger partial charge on any atom is -0.497 e. The predicted octanol–water partition coefficient (Wildman–Crippen LogP) is 0.577. The van der Waals surface area contributed by atoms with Crippen LogP contribution in [0.1, 0.15) is 5.56 Å². The first-order valence-corrected chi connectivity index (χ1v) is 7.86. The van der Waals surface area contributed by atoms with Crippen molar-refractivity contribution >= 4 is 10.9 Å². The van der Waals surface area contributed by atoms with E-state index in [1.165, 1.54) is 20.3 Å². The van der Waals surface area contributed by atoms with E-state index in [0.29, 0.717) is 17.0 Å². The van der Waals surface area contributed by atoms with E-state index in [4.69, 9.17) is 9.47 Å². The molecule has 132 valence electrons. The zero-order valence-corrected chi connectivity index (χ0v) is 14.1. The summed E-state index contributed by atoms with van der Waals surface area (Å²) in [6, 6.07) is 11.8. The molecule has 4 aromatic rings. The third-order valence-electron chi connectivity index (χ3n) is 4.35.